The maximum absolute atomic E-state index is 11.6. The molecule has 2 N–H and O–H groups in total. The van der Waals surface area contributed by atoms with E-state index >= 15 is 0 Å². The molecule has 0 saturated heterocycles. The van der Waals surface area contributed by atoms with Crippen molar-refractivity contribution in [2.45, 2.75) is 44.6 Å². The van der Waals surface area contributed by atoms with Gasteiger partial charge in [-0.05, 0) is 49.3 Å². The summed E-state index contributed by atoms with van der Waals surface area (Å²) in [6, 6.07) is 7.38. The van der Waals surface area contributed by atoms with Gasteiger partial charge in [0.2, 0.25) is 10.0 Å². The van der Waals surface area contributed by atoms with Crippen LogP contribution in [0.3, 0.4) is 0 Å². The van der Waals surface area contributed by atoms with Crippen LogP contribution in [0.2, 0.25) is 0 Å². The SMILES string of the molecule is CC/C=C(/NS(C)(=O)=O)C(COC1CCC(c2cccc(O)c2)C1)=NC. The number of aromatic hydroxyl groups is 1. The van der Waals surface area contributed by atoms with E-state index in [1.54, 1.807) is 19.2 Å². The smallest absolute Gasteiger partial charge is 0.229 e. The van der Waals surface area contributed by atoms with E-state index in [9.17, 15) is 13.5 Å². The second-order valence-electron chi connectivity index (χ2n) is 6.61. The average Bonchev–Trinajstić information content (AvgIpc) is 3.03. The number of ether oxygens (including phenoxy) is 1. The van der Waals surface area contributed by atoms with Gasteiger partial charge in [0.15, 0.2) is 0 Å². The second kappa shape index (κ2) is 9.19. The zero-order valence-corrected chi connectivity index (χ0v) is 16.4. The fraction of sp³-hybridized carbons (Fsp3) is 0.526. The summed E-state index contributed by atoms with van der Waals surface area (Å²) >= 11 is 0. The molecule has 26 heavy (non-hydrogen) atoms. The molecule has 0 heterocycles. The molecule has 7 heteroatoms. The zero-order valence-electron chi connectivity index (χ0n) is 15.6. The van der Waals surface area contributed by atoms with Crippen LogP contribution in [0.4, 0.5) is 0 Å². The molecular formula is C19H28N2O4S. The summed E-state index contributed by atoms with van der Waals surface area (Å²) < 4.78 is 31.6. The third-order valence-electron chi connectivity index (χ3n) is 4.47. The molecule has 0 aliphatic heterocycles. The van der Waals surface area contributed by atoms with Gasteiger partial charge in [0.1, 0.15) is 5.75 Å². The van der Waals surface area contributed by atoms with Crippen molar-refractivity contribution in [1.29, 1.82) is 0 Å². The minimum atomic E-state index is -3.37. The Morgan fingerprint density at radius 1 is 1.42 bits per heavy atom. The number of hydrogen-bond donors (Lipinski definition) is 2. The fourth-order valence-corrected chi connectivity index (χ4v) is 3.86. The third-order valence-corrected chi connectivity index (χ3v) is 5.06. The Morgan fingerprint density at radius 2 is 2.19 bits per heavy atom. The molecule has 0 spiro atoms. The van der Waals surface area contributed by atoms with Crippen molar-refractivity contribution in [2.24, 2.45) is 4.99 Å². The van der Waals surface area contributed by atoms with Crippen LogP contribution in [0.1, 0.15) is 44.1 Å². The minimum absolute atomic E-state index is 0.0974. The van der Waals surface area contributed by atoms with Gasteiger partial charge in [-0.15, -0.1) is 0 Å². The van der Waals surface area contributed by atoms with Crippen molar-refractivity contribution < 1.29 is 18.3 Å². The van der Waals surface area contributed by atoms with Crippen LogP contribution < -0.4 is 4.72 Å². The highest BCUT2D eigenvalue weighted by molar-refractivity contribution is 7.88. The molecular weight excluding hydrogens is 352 g/mol. The normalized spacial score (nSPS) is 21.8. The summed E-state index contributed by atoms with van der Waals surface area (Å²) in [7, 11) is -1.73. The summed E-state index contributed by atoms with van der Waals surface area (Å²) in [6.45, 7) is 2.21. The van der Waals surface area contributed by atoms with Gasteiger partial charge in [-0.3, -0.25) is 9.71 Å². The van der Waals surface area contributed by atoms with E-state index in [1.165, 1.54) is 0 Å². The number of aliphatic imine (C=N–C) groups is 1. The van der Waals surface area contributed by atoms with E-state index in [0.717, 1.165) is 31.1 Å². The summed E-state index contributed by atoms with van der Waals surface area (Å²) in [5, 5.41) is 9.64. The number of phenols is 1. The fourth-order valence-electron chi connectivity index (χ4n) is 3.25. The van der Waals surface area contributed by atoms with Gasteiger partial charge in [0.25, 0.3) is 0 Å². The number of nitrogens with zero attached hydrogens (tertiary/aromatic N) is 1. The van der Waals surface area contributed by atoms with Gasteiger partial charge in [-0.1, -0.05) is 25.1 Å². The highest BCUT2D eigenvalue weighted by atomic mass is 32.2. The van der Waals surface area contributed by atoms with E-state index in [2.05, 4.69) is 9.71 Å². The van der Waals surface area contributed by atoms with Gasteiger partial charge < -0.3 is 9.84 Å². The number of allylic oxidation sites excluding steroid dienone is 1. The van der Waals surface area contributed by atoms with Gasteiger partial charge in [-0.25, -0.2) is 8.42 Å². The number of hydrogen-bond acceptors (Lipinski definition) is 5. The molecule has 0 radical (unpaired) electrons. The molecule has 0 aromatic heterocycles. The quantitative estimate of drug-likeness (QED) is 0.679. The Labute approximate surface area is 156 Å². The van der Waals surface area contributed by atoms with E-state index < -0.39 is 10.0 Å². The van der Waals surface area contributed by atoms with Crippen LogP contribution >= 0.6 is 0 Å². The van der Waals surface area contributed by atoms with Gasteiger partial charge >= 0.3 is 0 Å². The molecule has 2 unspecified atom stereocenters. The van der Waals surface area contributed by atoms with Crippen molar-refractivity contribution in [3.8, 4) is 5.75 Å². The first-order valence-electron chi connectivity index (χ1n) is 8.87. The maximum Gasteiger partial charge on any atom is 0.229 e. The molecule has 144 valence electrons. The Bertz CT molecular complexity index is 771. The summed E-state index contributed by atoms with van der Waals surface area (Å²) in [6.07, 6.45) is 6.54. The Balaban J connectivity index is 1.95. The molecule has 0 amide bonds. The molecule has 1 aromatic carbocycles. The predicted octanol–water partition coefficient (Wildman–Crippen LogP) is 2.96. The first kappa shape index (κ1) is 20.5. The van der Waals surface area contributed by atoms with Crippen molar-refractivity contribution in [3.05, 3.63) is 41.6 Å². The number of nitrogens with one attached hydrogen (secondary N) is 1. The molecule has 1 aliphatic carbocycles. The van der Waals surface area contributed by atoms with E-state index in [0.29, 0.717) is 23.7 Å². The van der Waals surface area contributed by atoms with Crippen LogP contribution in [0.5, 0.6) is 5.75 Å². The second-order valence-corrected chi connectivity index (χ2v) is 8.36. The lowest BCUT2D eigenvalue weighted by Gasteiger charge is -2.16. The third kappa shape index (κ3) is 6.14. The van der Waals surface area contributed by atoms with Crippen LogP contribution in [-0.2, 0) is 14.8 Å². The number of rotatable bonds is 8. The standard InChI is InChI=1S/C19H28N2O4S/c1-4-6-18(21-26(3,23)24)19(20-2)13-25-17-10-9-15(12-17)14-7-5-8-16(22)11-14/h5-8,11,15,17,21-22H,4,9-10,12-13H2,1-3H3/b18-6+,20-19?. The predicted molar refractivity (Wildman–Crippen MR) is 104 cm³/mol. The van der Waals surface area contributed by atoms with Crippen molar-refractivity contribution in [1.82, 2.24) is 4.72 Å². The minimum Gasteiger partial charge on any atom is -0.508 e. The van der Waals surface area contributed by atoms with Crippen LogP contribution in [0, 0.1) is 0 Å². The van der Waals surface area contributed by atoms with Crippen molar-refractivity contribution >= 4 is 15.7 Å². The van der Waals surface area contributed by atoms with Crippen molar-refractivity contribution in [3.63, 3.8) is 0 Å². The monoisotopic (exact) mass is 380 g/mol. The summed E-state index contributed by atoms with van der Waals surface area (Å²) in [4.78, 5) is 4.20. The van der Waals surface area contributed by atoms with E-state index in [-0.39, 0.29) is 18.5 Å². The van der Waals surface area contributed by atoms with E-state index in [4.69, 9.17) is 4.74 Å². The molecule has 1 aromatic rings. The molecule has 0 bridgehead atoms. The number of benzene rings is 1. The Morgan fingerprint density at radius 3 is 2.81 bits per heavy atom. The average molecular weight is 381 g/mol. The van der Waals surface area contributed by atoms with Crippen LogP contribution in [0.25, 0.3) is 0 Å². The number of phenolic OH excluding ortho intramolecular Hbond substituents is 1. The van der Waals surface area contributed by atoms with Crippen LogP contribution in [0.15, 0.2) is 41.0 Å². The number of sulfonamides is 1. The van der Waals surface area contributed by atoms with Gasteiger partial charge in [0, 0.05) is 7.05 Å². The zero-order chi connectivity index (χ0) is 19.2. The molecule has 1 saturated carbocycles. The highest BCUT2D eigenvalue weighted by Gasteiger charge is 2.27. The van der Waals surface area contributed by atoms with Crippen molar-refractivity contribution in [2.75, 3.05) is 19.9 Å². The molecule has 2 atom stereocenters. The maximum atomic E-state index is 11.6. The molecule has 6 nitrogen and oxygen atoms in total. The van der Waals surface area contributed by atoms with Gasteiger partial charge in [0.05, 0.1) is 30.4 Å². The molecule has 1 fully saturated rings. The largest absolute Gasteiger partial charge is 0.508 e. The molecule has 1 aliphatic rings. The topological polar surface area (TPSA) is 88.0 Å². The van der Waals surface area contributed by atoms with E-state index in [1.807, 2.05) is 25.1 Å². The molecule has 2 rings (SSSR count). The Kier molecular flexibility index (Phi) is 7.23. The highest BCUT2D eigenvalue weighted by Crippen LogP contribution is 2.36. The lowest BCUT2D eigenvalue weighted by Crippen LogP contribution is -2.29. The summed E-state index contributed by atoms with van der Waals surface area (Å²) in [5.41, 5.74) is 2.21. The van der Waals surface area contributed by atoms with Gasteiger partial charge in [-0.2, -0.15) is 0 Å². The van der Waals surface area contributed by atoms with Crippen LogP contribution in [-0.4, -0.2) is 45.3 Å². The Hall–Kier alpha value is -1.86. The summed E-state index contributed by atoms with van der Waals surface area (Å²) in [5.74, 6) is 0.655. The first-order chi connectivity index (χ1) is 12.3. The lowest BCUT2D eigenvalue weighted by atomic mass is 9.97. The first-order valence-corrected chi connectivity index (χ1v) is 10.8. The lowest BCUT2D eigenvalue weighted by molar-refractivity contribution is 0.0863.